The van der Waals surface area contributed by atoms with Gasteiger partial charge in [-0.05, 0) is 20.8 Å². The van der Waals surface area contributed by atoms with E-state index in [4.69, 9.17) is 0 Å². The maximum atomic E-state index is 12.2. The van der Waals surface area contributed by atoms with Crippen molar-refractivity contribution < 1.29 is 22.8 Å². The highest BCUT2D eigenvalue weighted by Gasteiger charge is 2.47. The predicted octanol–water partition coefficient (Wildman–Crippen LogP) is 0.674. The first-order valence-corrected chi connectivity index (χ1v) is 4.74. The first-order chi connectivity index (χ1) is 7.04. The van der Waals surface area contributed by atoms with E-state index in [2.05, 4.69) is 5.32 Å². The molecule has 2 amide bonds. The van der Waals surface area contributed by atoms with Gasteiger partial charge in [0, 0.05) is 0 Å². The Kier molecular flexibility index (Phi) is 2.91. The van der Waals surface area contributed by atoms with Crippen LogP contribution in [0.15, 0.2) is 0 Å². The van der Waals surface area contributed by atoms with Crippen molar-refractivity contribution in [3.63, 3.8) is 0 Å². The Balaban J connectivity index is 2.95. The van der Waals surface area contributed by atoms with Gasteiger partial charge in [0.25, 0.3) is 0 Å². The second-order valence-electron chi connectivity index (χ2n) is 4.34. The Morgan fingerprint density at radius 3 is 2.31 bits per heavy atom. The molecule has 0 radical (unpaired) electrons. The molecule has 0 aromatic rings. The number of piperazine rings is 1. The minimum atomic E-state index is -4.50. The number of nitrogens with zero attached hydrogens (tertiary/aromatic N) is 1. The molecule has 1 unspecified atom stereocenters. The summed E-state index contributed by atoms with van der Waals surface area (Å²) >= 11 is 0. The lowest BCUT2D eigenvalue weighted by molar-refractivity contribution is -0.176. The van der Waals surface area contributed by atoms with E-state index in [0.717, 1.165) is 0 Å². The van der Waals surface area contributed by atoms with Gasteiger partial charge >= 0.3 is 6.18 Å². The van der Waals surface area contributed by atoms with Crippen LogP contribution in [-0.4, -0.2) is 41.0 Å². The van der Waals surface area contributed by atoms with Crippen molar-refractivity contribution in [2.75, 3.05) is 6.54 Å². The van der Waals surface area contributed by atoms with Gasteiger partial charge in [-0.3, -0.25) is 9.59 Å². The maximum Gasteiger partial charge on any atom is 0.406 e. The standard InChI is InChI=1S/C9H13F3N2O2/c1-5-6(15)13-8(2,3)7(16)14(5)4-9(10,11)12/h5H,4H2,1-3H3,(H,13,15). The molecule has 7 heteroatoms. The molecule has 1 N–H and O–H groups in total. The molecule has 16 heavy (non-hydrogen) atoms. The summed E-state index contributed by atoms with van der Waals surface area (Å²) in [6.07, 6.45) is -4.50. The lowest BCUT2D eigenvalue weighted by Gasteiger charge is -2.41. The van der Waals surface area contributed by atoms with Gasteiger partial charge in [-0.2, -0.15) is 13.2 Å². The van der Waals surface area contributed by atoms with Crippen molar-refractivity contribution in [1.82, 2.24) is 10.2 Å². The average Bonchev–Trinajstić information content (AvgIpc) is 2.07. The first-order valence-electron chi connectivity index (χ1n) is 4.74. The molecule has 1 saturated heterocycles. The Bertz CT molecular complexity index is 325. The SMILES string of the molecule is CC1C(=O)NC(C)(C)C(=O)N1CC(F)(F)F. The number of halogens is 3. The molecule has 1 aliphatic heterocycles. The van der Waals surface area contributed by atoms with Gasteiger partial charge < -0.3 is 10.2 Å². The highest BCUT2D eigenvalue weighted by molar-refractivity contribution is 5.99. The van der Waals surface area contributed by atoms with E-state index in [0.29, 0.717) is 4.90 Å². The fraction of sp³-hybridized carbons (Fsp3) is 0.778. The second kappa shape index (κ2) is 3.64. The van der Waals surface area contributed by atoms with Crippen molar-refractivity contribution in [3.05, 3.63) is 0 Å². The molecular formula is C9H13F3N2O2. The minimum absolute atomic E-state index is 0.554. The molecule has 4 nitrogen and oxygen atoms in total. The molecule has 92 valence electrons. The van der Waals surface area contributed by atoms with Gasteiger partial charge in [0.15, 0.2) is 0 Å². The van der Waals surface area contributed by atoms with Crippen LogP contribution >= 0.6 is 0 Å². The summed E-state index contributed by atoms with van der Waals surface area (Å²) in [6.45, 7) is 2.63. The van der Waals surface area contributed by atoms with Crippen molar-refractivity contribution in [1.29, 1.82) is 0 Å². The molecular weight excluding hydrogens is 225 g/mol. The number of carbonyl (C=O) groups is 2. The fourth-order valence-corrected chi connectivity index (χ4v) is 1.54. The number of carbonyl (C=O) groups excluding carboxylic acids is 2. The molecule has 1 heterocycles. The predicted molar refractivity (Wildman–Crippen MR) is 49.5 cm³/mol. The highest BCUT2D eigenvalue weighted by atomic mass is 19.4. The zero-order valence-electron chi connectivity index (χ0n) is 9.18. The highest BCUT2D eigenvalue weighted by Crippen LogP contribution is 2.23. The van der Waals surface area contributed by atoms with Crippen molar-refractivity contribution in [2.24, 2.45) is 0 Å². The van der Waals surface area contributed by atoms with Gasteiger partial charge in [-0.25, -0.2) is 0 Å². The molecule has 0 saturated carbocycles. The third-order valence-electron chi connectivity index (χ3n) is 2.43. The van der Waals surface area contributed by atoms with Crippen molar-refractivity contribution in [2.45, 2.75) is 38.5 Å². The van der Waals surface area contributed by atoms with Crippen molar-refractivity contribution in [3.8, 4) is 0 Å². The van der Waals surface area contributed by atoms with Crippen LogP contribution in [0.2, 0.25) is 0 Å². The summed E-state index contributed by atoms with van der Waals surface area (Å²) in [6, 6.07) is -1.10. The van der Waals surface area contributed by atoms with E-state index in [1.165, 1.54) is 20.8 Å². The molecule has 0 aliphatic carbocycles. The van der Waals surface area contributed by atoms with E-state index in [9.17, 15) is 22.8 Å². The summed E-state index contributed by atoms with van der Waals surface area (Å²) in [7, 11) is 0. The van der Waals surface area contributed by atoms with E-state index < -0.39 is 36.1 Å². The molecule has 0 aromatic carbocycles. The van der Waals surface area contributed by atoms with Gasteiger partial charge in [0.2, 0.25) is 11.8 Å². The third-order valence-corrected chi connectivity index (χ3v) is 2.43. The minimum Gasteiger partial charge on any atom is -0.340 e. The van der Waals surface area contributed by atoms with Gasteiger partial charge in [-0.15, -0.1) is 0 Å². The van der Waals surface area contributed by atoms with Crippen LogP contribution in [0.5, 0.6) is 0 Å². The first kappa shape index (κ1) is 12.8. The van der Waals surface area contributed by atoms with Crippen LogP contribution in [0, 0.1) is 0 Å². The van der Waals surface area contributed by atoms with Crippen molar-refractivity contribution >= 4 is 11.8 Å². The maximum absolute atomic E-state index is 12.2. The normalized spacial score (nSPS) is 25.6. The summed E-state index contributed by atoms with van der Waals surface area (Å²) < 4.78 is 36.7. The molecule has 0 spiro atoms. The number of hydrogen-bond donors (Lipinski definition) is 1. The van der Waals surface area contributed by atoms with Gasteiger partial charge in [0.1, 0.15) is 18.1 Å². The Morgan fingerprint density at radius 1 is 1.38 bits per heavy atom. The lowest BCUT2D eigenvalue weighted by Crippen LogP contribution is -2.68. The summed E-state index contributed by atoms with van der Waals surface area (Å²) in [5.74, 6) is -1.30. The molecule has 0 aromatic heterocycles. The van der Waals surface area contributed by atoms with Crippen LogP contribution in [0.4, 0.5) is 13.2 Å². The van der Waals surface area contributed by atoms with E-state index in [1.54, 1.807) is 0 Å². The molecule has 1 aliphatic rings. The van der Waals surface area contributed by atoms with E-state index in [1.807, 2.05) is 0 Å². The lowest BCUT2D eigenvalue weighted by atomic mass is 9.97. The molecule has 1 fully saturated rings. The van der Waals surface area contributed by atoms with Gasteiger partial charge in [-0.1, -0.05) is 0 Å². The number of amides is 2. The zero-order chi connectivity index (χ0) is 12.7. The van der Waals surface area contributed by atoms with E-state index >= 15 is 0 Å². The summed E-state index contributed by atoms with van der Waals surface area (Å²) in [5, 5.41) is 2.37. The quantitative estimate of drug-likeness (QED) is 0.730. The number of alkyl halides is 3. The van der Waals surface area contributed by atoms with Crippen LogP contribution in [0.25, 0.3) is 0 Å². The number of nitrogens with one attached hydrogen (secondary N) is 1. The summed E-state index contributed by atoms with van der Waals surface area (Å²) in [5.41, 5.74) is -1.28. The Hall–Kier alpha value is -1.27. The fourth-order valence-electron chi connectivity index (χ4n) is 1.54. The van der Waals surface area contributed by atoms with Crippen LogP contribution in [0.1, 0.15) is 20.8 Å². The Morgan fingerprint density at radius 2 is 1.88 bits per heavy atom. The average molecular weight is 238 g/mol. The van der Waals surface area contributed by atoms with Crippen LogP contribution < -0.4 is 5.32 Å². The largest absolute Gasteiger partial charge is 0.406 e. The number of rotatable bonds is 1. The monoisotopic (exact) mass is 238 g/mol. The Labute approximate surface area is 90.8 Å². The second-order valence-corrected chi connectivity index (χ2v) is 4.34. The molecule has 1 atom stereocenters. The zero-order valence-corrected chi connectivity index (χ0v) is 9.18. The molecule has 1 rings (SSSR count). The van der Waals surface area contributed by atoms with Crippen LogP contribution in [-0.2, 0) is 9.59 Å². The summed E-state index contributed by atoms with van der Waals surface area (Å²) in [4.78, 5) is 23.6. The smallest absolute Gasteiger partial charge is 0.340 e. The number of hydrogen-bond acceptors (Lipinski definition) is 2. The third kappa shape index (κ3) is 2.45. The molecule has 0 bridgehead atoms. The van der Waals surface area contributed by atoms with E-state index in [-0.39, 0.29) is 0 Å². The topological polar surface area (TPSA) is 49.4 Å². The van der Waals surface area contributed by atoms with Gasteiger partial charge in [0.05, 0.1) is 0 Å². The van der Waals surface area contributed by atoms with Crippen LogP contribution in [0.3, 0.4) is 0 Å².